The van der Waals surface area contributed by atoms with Crippen molar-refractivity contribution in [2.75, 3.05) is 31.7 Å². The van der Waals surface area contributed by atoms with Gasteiger partial charge in [-0.1, -0.05) is 58.1 Å². The quantitative estimate of drug-likeness (QED) is 0.170. The fourth-order valence-electron chi connectivity index (χ4n) is 2.12. The van der Waals surface area contributed by atoms with Crippen LogP contribution in [0.3, 0.4) is 0 Å². The first-order chi connectivity index (χ1) is 13.9. The summed E-state index contributed by atoms with van der Waals surface area (Å²) in [5.41, 5.74) is 0. The van der Waals surface area contributed by atoms with Gasteiger partial charge in [0.05, 0.1) is 19.4 Å². The minimum absolute atomic E-state index is 0.157. The third kappa shape index (κ3) is 16.1. The van der Waals surface area contributed by atoms with Crippen LogP contribution >= 0.6 is 31.6 Å². The van der Waals surface area contributed by atoms with E-state index in [1.165, 1.54) is 18.7 Å². The van der Waals surface area contributed by atoms with Crippen molar-refractivity contribution in [1.29, 1.82) is 0 Å². The first kappa shape index (κ1) is 29.3. The van der Waals surface area contributed by atoms with Gasteiger partial charge >= 0.3 is 13.6 Å². The minimum Gasteiger partial charge on any atom is -0.480 e. The molecule has 30 heavy (non-hydrogen) atoms. The highest BCUT2D eigenvalue weighted by Crippen LogP contribution is 2.49. The first-order valence-electron chi connectivity index (χ1n) is 10.2. The molecule has 0 saturated heterocycles. The molecule has 11 heteroatoms. The lowest BCUT2D eigenvalue weighted by molar-refractivity contribution is -0.140. The van der Waals surface area contributed by atoms with Gasteiger partial charge in [-0.05, 0) is 24.7 Å². The molecule has 8 nitrogen and oxygen atoms in total. The van der Waals surface area contributed by atoms with Crippen molar-refractivity contribution >= 4 is 47.8 Å². The fraction of sp³-hybridized carbons (Fsp3) is 0.842. The fourth-order valence-corrected chi connectivity index (χ4v) is 5.17. The Bertz CT molecular complexity index is 573. The standard InChI is InChI=1S/C19H37N2O6PS2/c1-14(2)11-26-28(25,27-12-15(3)4)10-8-6-7-9-20-19(29)30-13-17(18(23)24)21-16(5)22/h14-15,17H,6-13H2,1-5H3,(H,20,29)(H,21,22)(H,23,24)/t17-/m0/s1. The molecule has 0 bridgehead atoms. The molecule has 0 spiro atoms. The second kappa shape index (κ2) is 16.0. The van der Waals surface area contributed by atoms with E-state index in [0.29, 0.717) is 30.2 Å². The maximum atomic E-state index is 12.9. The summed E-state index contributed by atoms with van der Waals surface area (Å²) in [6.07, 6.45) is 2.77. The van der Waals surface area contributed by atoms with Gasteiger partial charge in [-0.2, -0.15) is 0 Å². The molecule has 0 rings (SSSR count). The van der Waals surface area contributed by atoms with Crippen LogP contribution in [0.2, 0.25) is 0 Å². The molecule has 0 aromatic heterocycles. The number of nitrogens with one attached hydrogen (secondary N) is 2. The van der Waals surface area contributed by atoms with Crippen LogP contribution in [0.25, 0.3) is 0 Å². The molecule has 0 fully saturated rings. The molecule has 0 aliphatic rings. The minimum atomic E-state index is -3.08. The van der Waals surface area contributed by atoms with Crippen molar-refractivity contribution in [2.24, 2.45) is 11.8 Å². The maximum absolute atomic E-state index is 12.9. The van der Waals surface area contributed by atoms with Crippen molar-refractivity contribution in [1.82, 2.24) is 10.6 Å². The molecular formula is C19H37N2O6PS2. The zero-order valence-electron chi connectivity index (χ0n) is 18.6. The molecular weight excluding hydrogens is 447 g/mol. The second-order valence-electron chi connectivity index (χ2n) is 7.89. The van der Waals surface area contributed by atoms with Crippen LogP contribution in [0.15, 0.2) is 0 Å². The molecule has 0 aliphatic heterocycles. The number of carbonyl (C=O) groups is 2. The number of carboxylic acid groups (broad SMARTS) is 1. The maximum Gasteiger partial charge on any atom is 0.330 e. The Labute approximate surface area is 190 Å². The van der Waals surface area contributed by atoms with Crippen LogP contribution in [0.4, 0.5) is 0 Å². The van der Waals surface area contributed by atoms with Crippen molar-refractivity contribution < 1.29 is 28.3 Å². The van der Waals surface area contributed by atoms with Crippen LogP contribution in [0.1, 0.15) is 53.9 Å². The molecule has 1 atom stereocenters. The van der Waals surface area contributed by atoms with Gasteiger partial charge in [-0.15, -0.1) is 0 Å². The van der Waals surface area contributed by atoms with E-state index in [-0.39, 0.29) is 17.6 Å². The van der Waals surface area contributed by atoms with Gasteiger partial charge in [0.2, 0.25) is 5.91 Å². The second-order valence-corrected chi connectivity index (χ2v) is 11.8. The van der Waals surface area contributed by atoms with E-state index < -0.39 is 25.5 Å². The van der Waals surface area contributed by atoms with Crippen LogP contribution in [-0.2, 0) is 23.2 Å². The predicted octanol–water partition coefficient (Wildman–Crippen LogP) is 3.89. The van der Waals surface area contributed by atoms with Gasteiger partial charge in [0.1, 0.15) is 10.4 Å². The van der Waals surface area contributed by atoms with Crippen LogP contribution in [0, 0.1) is 11.8 Å². The lowest BCUT2D eigenvalue weighted by atomic mass is 10.2. The molecule has 176 valence electrons. The summed E-state index contributed by atoms with van der Waals surface area (Å²) in [4.78, 5) is 22.1. The molecule has 0 aromatic carbocycles. The van der Waals surface area contributed by atoms with E-state index in [0.717, 1.165) is 19.3 Å². The summed E-state index contributed by atoms with van der Waals surface area (Å²) in [6, 6.07) is -0.974. The lowest BCUT2D eigenvalue weighted by Gasteiger charge is -2.21. The topological polar surface area (TPSA) is 114 Å². The summed E-state index contributed by atoms with van der Waals surface area (Å²) < 4.78 is 24.6. The summed E-state index contributed by atoms with van der Waals surface area (Å²) in [7, 11) is -3.08. The molecule has 0 heterocycles. The molecule has 0 saturated carbocycles. The Hall–Kier alpha value is -0.670. The molecule has 3 N–H and O–H groups in total. The zero-order valence-corrected chi connectivity index (χ0v) is 21.2. The van der Waals surface area contributed by atoms with Crippen LogP contribution < -0.4 is 10.6 Å². The number of amides is 1. The van der Waals surface area contributed by atoms with E-state index in [1.54, 1.807) is 0 Å². The highest BCUT2D eigenvalue weighted by Gasteiger charge is 2.25. The largest absolute Gasteiger partial charge is 0.480 e. The Balaban J connectivity index is 4.15. The summed E-state index contributed by atoms with van der Waals surface area (Å²) in [5.74, 6) is -0.757. The number of rotatable bonds is 16. The number of thiocarbonyl (C=S) groups is 1. The van der Waals surface area contributed by atoms with Gasteiger partial charge in [0.15, 0.2) is 0 Å². The predicted molar refractivity (Wildman–Crippen MR) is 126 cm³/mol. The number of carbonyl (C=O) groups excluding carboxylic acids is 1. The summed E-state index contributed by atoms with van der Waals surface area (Å²) in [6.45, 7) is 10.8. The molecule has 1 amide bonds. The average Bonchev–Trinajstić information content (AvgIpc) is 2.64. The first-order valence-corrected chi connectivity index (χ1v) is 13.4. The van der Waals surface area contributed by atoms with Crippen molar-refractivity contribution in [2.45, 2.75) is 59.9 Å². The number of carboxylic acids is 1. The number of hydrogen-bond acceptors (Lipinski definition) is 7. The molecule has 0 aliphatic carbocycles. The van der Waals surface area contributed by atoms with Gasteiger partial charge in [0, 0.05) is 19.2 Å². The molecule has 0 radical (unpaired) electrons. The smallest absolute Gasteiger partial charge is 0.330 e. The van der Waals surface area contributed by atoms with E-state index >= 15 is 0 Å². The number of hydrogen-bond donors (Lipinski definition) is 3. The Morgan fingerprint density at radius 3 is 2.10 bits per heavy atom. The lowest BCUT2D eigenvalue weighted by Crippen LogP contribution is -2.42. The Kier molecular flexibility index (Phi) is 15.7. The number of thioether (sulfide) groups is 1. The van der Waals surface area contributed by atoms with E-state index in [4.69, 9.17) is 26.4 Å². The van der Waals surface area contributed by atoms with Gasteiger partial charge < -0.3 is 24.8 Å². The van der Waals surface area contributed by atoms with Gasteiger partial charge in [-0.3, -0.25) is 9.36 Å². The van der Waals surface area contributed by atoms with Crippen molar-refractivity contribution in [3.05, 3.63) is 0 Å². The monoisotopic (exact) mass is 484 g/mol. The van der Waals surface area contributed by atoms with E-state index in [2.05, 4.69) is 10.6 Å². The van der Waals surface area contributed by atoms with Gasteiger partial charge in [-0.25, -0.2) is 4.79 Å². The summed E-state index contributed by atoms with van der Waals surface area (Å²) in [5, 5.41) is 14.5. The Morgan fingerprint density at radius 1 is 1.07 bits per heavy atom. The average molecular weight is 485 g/mol. The number of unbranched alkanes of at least 4 members (excludes halogenated alkanes) is 2. The van der Waals surface area contributed by atoms with Crippen LogP contribution in [-0.4, -0.2) is 59.0 Å². The Morgan fingerprint density at radius 2 is 1.63 bits per heavy atom. The van der Waals surface area contributed by atoms with E-state index in [1.807, 2.05) is 27.7 Å². The van der Waals surface area contributed by atoms with Crippen molar-refractivity contribution in [3.63, 3.8) is 0 Å². The SMILES string of the molecule is CC(=O)N[C@@H](CSC(=S)NCCCCCP(=O)(OCC(C)C)OCC(C)C)C(=O)O. The number of aliphatic carboxylic acids is 1. The van der Waals surface area contributed by atoms with Gasteiger partial charge in [0.25, 0.3) is 0 Å². The summed E-state index contributed by atoms with van der Waals surface area (Å²) >= 11 is 6.37. The highest BCUT2D eigenvalue weighted by molar-refractivity contribution is 8.23. The highest BCUT2D eigenvalue weighted by atomic mass is 32.2. The third-order valence-corrected chi connectivity index (χ3v) is 7.00. The molecule has 0 aromatic rings. The zero-order chi connectivity index (χ0) is 23.2. The van der Waals surface area contributed by atoms with Crippen LogP contribution in [0.5, 0.6) is 0 Å². The van der Waals surface area contributed by atoms with E-state index in [9.17, 15) is 14.2 Å². The molecule has 0 unspecified atom stereocenters. The van der Waals surface area contributed by atoms with Crippen molar-refractivity contribution in [3.8, 4) is 0 Å². The normalized spacial score (nSPS) is 12.8. The third-order valence-electron chi connectivity index (χ3n) is 3.64.